The summed E-state index contributed by atoms with van der Waals surface area (Å²) in [5, 5.41) is 1.58. The molecule has 0 amide bonds. The summed E-state index contributed by atoms with van der Waals surface area (Å²) in [7, 11) is 0. The highest BCUT2D eigenvalue weighted by Crippen LogP contribution is 2.41. The number of rotatable bonds is 1. The third-order valence-electron chi connectivity index (χ3n) is 4.76. The molecule has 1 aliphatic rings. The summed E-state index contributed by atoms with van der Waals surface area (Å²) in [6, 6.07) is 16.6. The van der Waals surface area contributed by atoms with Crippen LogP contribution in [0.4, 0.5) is 0 Å². The van der Waals surface area contributed by atoms with E-state index >= 15 is 0 Å². The molecule has 5 heteroatoms. The fourth-order valence-corrected chi connectivity index (χ4v) is 3.57. The Hall–Kier alpha value is -3.47. The summed E-state index contributed by atoms with van der Waals surface area (Å²) in [4.78, 5) is 29.2. The molecule has 1 aliphatic heterocycles. The van der Waals surface area contributed by atoms with Crippen molar-refractivity contribution in [2.45, 2.75) is 12.3 Å². The van der Waals surface area contributed by atoms with Crippen LogP contribution in [0, 0.1) is 0 Å². The van der Waals surface area contributed by atoms with Crippen molar-refractivity contribution < 1.29 is 13.9 Å². The molecular weight excluding hydrogens is 330 g/mol. The van der Waals surface area contributed by atoms with Crippen LogP contribution in [0.25, 0.3) is 21.9 Å². The van der Waals surface area contributed by atoms with Crippen LogP contribution in [0.2, 0.25) is 0 Å². The lowest BCUT2D eigenvalue weighted by atomic mass is 9.86. The highest BCUT2D eigenvalue weighted by molar-refractivity contribution is 5.90. The highest BCUT2D eigenvalue weighted by Gasteiger charge is 2.33. The first-order valence-electron chi connectivity index (χ1n) is 8.32. The summed E-state index contributed by atoms with van der Waals surface area (Å²) in [5.41, 5.74) is 2.06. The van der Waals surface area contributed by atoms with Gasteiger partial charge < -0.3 is 9.15 Å². The number of esters is 1. The lowest BCUT2D eigenvalue weighted by molar-refractivity contribution is -0.135. The van der Waals surface area contributed by atoms with Gasteiger partial charge in [-0.25, -0.2) is 4.79 Å². The van der Waals surface area contributed by atoms with Gasteiger partial charge in [0.05, 0.1) is 22.9 Å². The fourth-order valence-electron chi connectivity index (χ4n) is 3.57. The molecule has 1 atom stereocenters. The summed E-state index contributed by atoms with van der Waals surface area (Å²) in [5.74, 6) is -0.453. The zero-order valence-corrected chi connectivity index (χ0v) is 13.6. The van der Waals surface area contributed by atoms with E-state index in [4.69, 9.17) is 9.15 Å². The van der Waals surface area contributed by atoms with E-state index in [1.54, 1.807) is 24.4 Å². The van der Waals surface area contributed by atoms with Gasteiger partial charge in [-0.15, -0.1) is 0 Å². The summed E-state index contributed by atoms with van der Waals surface area (Å²) < 4.78 is 10.9. The molecule has 4 aromatic rings. The standard InChI is InChI=1S/C21H13NO4/c23-18-11-15(12-7-8-16-13(10-12)4-3-9-22-16)19-20(26-18)14-5-1-2-6-17(14)25-21(19)24/h1-10,15H,11H2/t15-/m0/s1. The third-order valence-corrected chi connectivity index (χ3v) is 4.76. The van der Waals surface area contributed by atoms with Gasteiger partial charge in [-0.1, -0.05) is 24.3 Å². The predicted molar refractivity (Wildman–Crippen MR) is 96.3 cm³/mol. The van der Waals surface area contributed by atoms with Crippen molar-refractivity contribution in [3.05, 3.63) is 82.3 Å². The molecule has 0 fully saturated rings. The van der Waals surface area contributed by atoms with Gasteiger partial charge in [0.15, 0.2) is 5.75 Å². The van der Waals surface area contributed by atoms with Crippen molar-refractivity contribution >= 4 is 27.8 Å². The maximum Gasteiger partial charge on any atom is 0.343 e. The van der Waals surface area contributed by atoms with E-state index in [0.717, 1.165) is 16.5 Å². The van der Waals surface area contributed by atoms with E-state index in [1.807, 2.05) is 36.4 Å². The van der Waals surface area contributed by atoms with Gasteiger partial charge in [-0.05, 0) is 35.9 Å². The number of para-hydroxylation sites is 1. The van der Waals surface area contributed by atoms with Gasteiger partial charge in [0.25, 0.3) is 0 Å². The van der Waals surface area contributed by atoms with Crippen molar-refractivity contribution in [2.24, 2.45) is 0 Å². The number of carbonyl (C=O) groups is 1. The van der Waals surface area contributed by atoms with Gasteiger partial charge in [-0.2, -0.15) is 0 Å². The van der Waals surface area contributed by atoms with Crippen LogP contribution in [-0.4, -0.2) is 11.0 Å². The number of hydrogen-bond acceptors (Lipinski definition) is 5. The summed E-state index contributed by atoms with van der Waals surface area (Å²) in [6.45, 7) is 0. The number of hydrogen-bond donors (Lipinski definition) is 0. The molecule has 0 spiro atoms. The monoisotopic (exact) mass is 343 g/mol. The lowest BCUT2D eigenvalue weighted by Gasteiger charge is -2.24. The first-order chi connectivity index (χ1) is 12.7. The van der Waals surface area contributed by atoms with Crippen LogP contribution in [0.5, 0.6) is 5.75 Å². The first kappa shape index (κ1) is 14.8. The number of pyridine rings is 1. The van der Waals surface area contributed by atoms with Crippen LogP contribution in [0.1, 0.15) is 23.5 Å². The van der Waals surface area contributed by atoms with Crippen molar-refractivity contribution in [1.29, 1.82) is 0 Å². The molecule has 0 aliphatic carbocycles. The predicted octanol–water partition coefficient (Wildman–Crippen LogP) is 3.78. The molecule has 0 radical (unpaired) electrons. The van der Waals surface area contributed by atoms with E-state index < -0.39 is 11.5 Å². The Morgan fingerprint density at radius 3 is 2.81 bits per heavy atom. The average Bonchev–Trinajstić information content (AvgIpc) is 2.67. The molecule has 2 aromatic heterocycles. The summed E-state index contributed by atoms with van der Waals surface area (Å²) >= 11 is 0. The molecule has 3 heterocycles. The Kier molecular flexibility index (Phi) is 3.15. The molecular formula is C21H13NO4. The van der Waals surface area contributed by atoms with Crippen molar-refractivity contribution in [3.63, 3.8) is 0 Å². The number of fused-ring (bicyclic) bond motifs is 4. The van der Waals surface area contributed by atoms with E-state index in [-0.39, 0.29) is 12.4 Å². The number of aromatic nitrogens is 1. The van der Waals surface area contributed by atoms with Gasteiger partial charge >= 0.3 is 11.6 Å². The zero-order valence-electron chi connectivity index (χ0n) is 13.6. The maximum atomic E-state index is 12.7. The molecule has 26 heavy (non-hydrogen) atoms. The molecule has 0 N–H and O–H groups in total. The maximum absolute atomic E-state index is 12.7. The van der Waals surface area contributed by atoms with Crippen molar-refractivity contribution in [2.75, 3.05) is 0 Å². The first-order valence-corrected chi connectivity index (χ1v) is 8.32. The largest absolute Gasteiger partial charge is 0.425 e. The molecule has 0 bridgehead atoms. The molecule has 5 rings (SSSR count). The second-order valence-corrected chi connectivity index (χ2v) is 6.31. The van der Waals surface area contributed by atoms with Gasteiger partial charge in [0, 0.05) is 17.5 Å². The lowest BCUT2D eigenvalue weighted by Crippen LogP contribution is -2.26. The van der Waals surface area contributed by atoms with Crippen molar-refractivity contribution in [3.8, 4) is 5.75 Å². The van der Waals surface area contributed by atoms with Crippen LogP contribution < -0.4 is 10.4 Å². The number of ether oxygens (including phenoxy) is 1. The minimum Gasteiger partial charge on any atom is -0.425 e. The van der Waals surface area contributed by atoms with E-state index in [1.165, 1.54) is 0 Å². The van der Waals surface area contributed by atoms with Gasteiger partial charge in [0.2, 0.25) is 0 Å². The Morgan fingerprint density at radius 1 is 1.00 bits per heavy atom. The molecule has 5 nitrogen and oxygen atoms in total. The van der Waals surface area contributed by atoms with Crippen LogP contribution in [0.15, 0.2) is 70.0 Å². The zero-order chi connectivity index (χ0) is 17.7. The number of carbonyl (C=O) groups excluding carboxylic acids is 1. The number of nitrogens with zero attached hydrogens (tertiary/aromatic N) is 1. The average molecular weight is 343 g/mol. The molecule has 126 valence electrons. The van der Waals surface area contributed by atoms with Crippen LogP contribution in [-0.2, 0) is 4.79 Å². The Bertz CT molecular complexity index is 1240. The number of benzene rings is 2. The minimum atomic E-state index is -0.470. The van der Waals surface area contributed by atoms with Crippen LogP contribution >= 0.6 is 0 Å². The minimum absolute atomic E-state index is 0.0991. The quantitative estimate of drug-likeness (QED) is 0.388. The fraction of sp³-hybridized carbons (Fsp3) is 0.0952. The molecule has 2 aromatic carbocycles. The van der Waals surface area contributed by atoms with Crippen molar-refractivity contribution in [1.82, 2.24) is 4.98 Å². The molecule has 0 saturated carbocycles. The second-order valence-electron chi connectivity index (χ2n) is 6.31. The smallest absolute Gasteiger partial charge is 0.343 e. The van der Waals surface area contributed by atoms with Gasteiger partial charge in [-0.3, -0.25) is 9.78 Å². The molecule has 0 unspecified atom stereocenters. The Balaban J connectivity index is 1.78. The SMILES string of the molecule is O=C1C[C@@H](c2ccc3ncccc3c2)c2c(c3ccccc3oc2=O)O1. The highest BCUT2D eigenvalue weighted by atomic mass is 16.5. The van der Waals surface area contributed by atoms with E-state index in [2.05, 4.69) is 4.98 Å². The molecule has 0 saturated heterocycles. The third kappa shape index (κ3) is 2.21. The van der Waals surface area contributed by atoms with E-state index in [0.29, 0.717) is 22.3 Å². The Morgan fingerprint density at radius 2 is 1.88 bits per heavy atom. The topological polar surface area (TPSA) is 69.4 Å². The summed E-state index contributed by atoms with van der Waals surface area (Å²) in [6.07, 6.45) is 1.83. The Labute approximate surface area is 147 Å². The van der Waals surface area contributed by atoms with E-state index in [9.17, 15) is 9.59 Å². The normalized spacial score (nSPS) is 16.5. The second kappa shape index (κ2) is 5.52. The van der Waals surface area contributed by atoms with Crippen LogP contribution in [0.3, 0.4) is 0 Å². The van der Waals surface area contributed by atoms with Gasteiger partial charge in [0.1, 0.15) is 5.58 Å².